The van der Waals surface area contributed by atoms with Crippen LogP contribution in [-0.4, -0.2) is 22.8 Å². The van der Waals surface area contributed by atoms with Gasteiger partial charge < -0.3 is 5.11 Å². The van der Waals surface area contributed by atoms with E-state index in [4.69, 9.17) is 5.11 Å². The van der Waals surface area contributed by atoms with Crippen molar-refractivity contribution in [3.63, 3.8) is 0 Å². The number of rotatable bonds is 4. The van der Waals surface area contributed by atoms with E-state index in [0.717, 1.165) is 0 Å². The molecule has 0 aliphatic carbocycles. The molecular weight excluding hydrogens is 144 g/mol. The van der Waals surface area contributed by atoms with Gasteiger partial charge in [0.05, 0.1) is 6.10 Å². The number of hydrogen-bond acceptors (Lipinski definition) is 3. The molecule has 0 bridgehead atoms. The Hall–Kier alpha value is -0.960. The summed E-state index contributed by atoms with van der Waals surface area (Å²) in [5.41, 5.74) is 0.218. The Labute approximate surface area is 65.7 Å². The third-order valence-corrected chi connectivity index (χ3v) is 1.12. The Balaban J connectivity index is 4.05. The second kappa shape index (κ2) is 4.03. The van der Waals surface area contributed by atoms with Gasteiger partial charge in [0.2, 0.25) is 11.6 Å². The normalized spacial score (nSPS) is 12.3. The van der Waals surface area contributed by atoms with Gasteiger partial charge in [-0.3, -0.25) is 9.59 Å². The minimum atomic E-state index is -0.759. The van der Waals surface area contributed by atoms with E-state index in [-0.39, 0.29) is 12.0 Å². The second-order valence-electron chi connectivity index (χ2n) is 2.59. The van der Waals surface area contributed by atoms with Gasteiger partial charge in [-0.2, -0.15) is 0 Å². The van der Waals surface area contributed by atoms with Crippen LogP contribution in [0.25, 0.3) is 0 Å². The van der Waals surface area contributed by atoms with Crippen molar-refractivity contribution in [2.24, 2.45) is 0 Å². The van der Waals surface area contributed by atoms with Crippen molar-refractivity contribution in [1.29, 1.82) is 0 Å². The topological polar surface area (TPSA) is 54.4 Å². The Kier molecular flexibility index (Phi) is 3.68. The lowest BCUT2D eigenvalue weighted by Gasteiger charge is -2.00. The minimum absolute atomic E-state index is 0.119. The fraction of sp³-hybridized carbons (Fsp3) is 0.500. The molecule has 0 amide bonds. The standard InChI is InChI=1S/C8H12O3/c1-5(2)8(11)7(10)4-6(3)9/h6,9H,1,4H2,2-3H3. The first-order chi connectivity index (χ1) is 4.95. The molecule has 62 valence electrons. The van der Waals surface area contributed by atoms with Crippen molar-refractivity contribution < 1.29 is 14.7 Å². The highest BCUT2D eigenvalue weighted by molar-refractivity contribution is 6.43. The van der Waals surface area contributed by atoms with Crippen LogP contribution in [0.2, 0.25) is 0 Å². The van der Waals surface area contributed by atoms with Crippen LogP contribution < -0.4 is 0 Å². The van der Waals surface area contributed by atoms with Gasteiger partial charge in [0.25, 0.3) is 0 Å². The predicted octanol–water partition coefficient (Wildman–Crippen LogP) is 0.472. The molecule has 0 radical (unpaired) electrons. The molecule has 0 aliphatic heterocycles. The number of hydrogen-bond donors (Lipinski definition) is 1. The van der Waals surface area contributed by atoms with Gasteiger partial charge in [-0.05, 0) is 19.4 Å². The van der Waals surface area contributed by atoms with E-state index in [1.165, 1.54) is 13.8 Å². The van der Waals surface area contributed by atoms with Crippen LogP contribution in [0.5, 0.6) is 0 Å². The summed E-state index contributed by atoms with van der Waals surface area (Å²) in [5, 5.41) is 8.75. The molecule has 1 N–H and O–H groups in total. The fourth-order valence-corrected chi connectivity index (χ4v) is 0.599. The lowest BCUT2D eigenvalue weighted by molar-refractivity contribution is -0.135. The van der Waals surface area contributed by atoms with Crippen molar-refractivity contribution in [2.45, 2.75) is 26.4 Å². The van der Waals surface area contributed by atoms with Crippen LogP contribution >= 0.6 is 0 Å². The van der Waals surface area contributed by atoms with Gasteiger partial charge in [-0.15, -0.1) is 0 Å². The third-order valence-electron chi connectivity index (χ3n) is 1.12. The van der Waals surface area contributed by atoms with Crippen molar-refractivity contribution >= 4 is 11.6 Å². The van der Waals surface area contributed by atoms with E-state index >= 15 is 0 Å². The van der Waals surface area contributed by atoms with E-state index in [0.29, 0.717) is 0 Å². The number of Topliss-reactive ketones (excluding diaryl/α,β-unsaturated/α-hetero) is 2. The van der Waals surface area contributed by atoms with Crippen LogP contribution in [0.3, 0.4) is 0 Å². The van der Waals surface area contributed by atoms with Crippen molar-refractivity contribution in [1.82, 2.24) is 0 Å². The molecule has 0 aromatic heterocycles. The van der Waals surface area contributed by atoms with E-state index in [1.54, 1.807) is 0 Å². The molecule has 0 saturated heterocycles. The molecule has 0 heterocycles. The van der Waals surface area contributed by atoms with Crippen LogP contribution in [0.1, 0.15) is 20.3 Å². The Morgan fingerprint density at radius 3 is 2.27 bits per heavy atom. The first-order valence-electron chi connectivity index (χ1n) is 3.36. The Bertz CT molecular complexity index is 192. The molecule has 1 unspecified atom stereocenters. The van der Waals surface area contributed by atoms with E-state index in [9.17, 15) is 9.59 Å². The van der Waals surface area contributed by atoms with Crippen LogP contribution in [0.15, 0.2) is 12.2 Å². The summed E-state index contributed by atoms with van der Waals surface area (Å²) in [6.45, 7) is 6.27. The maximum Gasteiger partial charge on any atom is 0.223 e. The van der Waals surface area contributed by atoms with Gasteiger partial charge in [0.1, 0.15) is 0 Å². The monoisotopic (exact) mass is 156 g/mol. The van der Waals surface area contributed by atoms with Crippen LogP contribution in [-0.2, 0) is 9.59 Å². The molecule has 3 heteroatoms. The number of aliphatic hydroxyl groups is 1. The van der Waals surface area contributed by atoms with Crippen LogP contribution in [0, 0.1) is 0 Å². The SMILES string of the molecule is C=C(C)C(=O)C(=O)CC(C)O. The Morgan fingerprint density at radius 1 is 1.55 bits per heavy atom. The van der Waals surface area contributed by atoms with Gasteiger partial charge in [0.15, 0.2) is 0 Å². The van der Waals surface area contributed by atoms with Crippen LogP contribution in [0.4, 0.5) is 0 Å². The smallest absolute Gasteiger partial charge is 0.223 e. The first-order valence-corrected chi connectivity index (χ1v) is 3.36. The summed E-state index contributed by atoms with van der Waals surface area (Å²) in [6, 6.07) is 0. The first kappa shape index (κ1) is 10.0. The summed E-state index contributed by atoms with van der Waals surface area (Å²) < 4.78 is 0. The molecule has 0 fully saturated rings. The van der Waals surface area contributed by atoms with Crippen molar-refractivity contribution in [3.8, 4) is 0 Å². The number of aliphatic hydroxyl groups excluding tert-OH is 1. The zero-order valence-electron chi connectivity index (χ0n) is 6.76. The van der Waals surface area contributed by atoms with E-state index < -0.39 is 17.7 Å². The molecule has 0 aliphatic rings. The molecular formula is C8H12O3. The number of carbonyl (C=O) groups excluding carboxylic acids is 2. The molecule has 0 aromatic rings. The lowest BCUT2D eigenvalue weighted by Crippen LogP contribution is -2.19. The van der Waals surface area contributed by atoms with Crippen molar-refractivity contribution in [2.75, 3.05) is 0 Å². The molecule has 0 aromatic carbocycles. The molecule has 11 heavy (non-hydrogen) atoms. The van der Waals surface area contributed by atoms with Gasteiger partial charge in [0, 0.05) is 6.42 Å². The summed E-state index contributed by atoms with van der Waals surface area (Å²) in [7, 11) is 0. The van der Waals surface area contributed by atoms with Gasteiger partial charge in [-0.1, -0.05) is 6.58 Å². The number of carbonyl (C=O) groups is 2. The zero-order valence-corrected chi connectivity index (χ0v) is 6.76. The summed E-state index contributed by atoms with van der Waals surface area (Å²) >= 11 is 0. The molecule has 0 saturated carbocycles. The molecule has 1 atom stereocenters. The Morgan fingerprint density at radius 2 is 2.00 bits per heavy atom. The predicted molar refractivity (Wildman–Crippen MR) is 41.1 cm³/mol. The quantitative estimate of drug-likeness (QED) is 0.475. The van der Waals surface area contributed by atoms with Gasteiger partial charge in [-0.25, -0.2) is 0 Å². The number of ketones is 2. The maximum absolute atomic E-state index is 10.8. The number of allylic oxidation sites excluding steroid dienone is 1. The minimum Gasteiger partial charge on any atom is -0.393 e. The highest BCUT2D eigenvalue weighted by Crippen LogP contribution is 1.98. The maximum atomic E-state index is 10.8. The zero-order chi connectivity index (χ0) is 9.02. The van der Waals surface area contributed by atoms with E-state index in [2.05, 4.69) is 6.58 Å². The molecule has 3 nitrogen and oxygen atoms in total. The van der Waals surface area contributed by atoms with E-state index in [1.807, 2.05) is 0 Å². The average molecular weight is 156 g/mol. The summed E-state index contributed by atoms with van der Waals surface area (Å²) in [6.07, 6.45) is -0.878. The van der Waals surface area contributed by atoms with Crippen molar-refractivity contribution in [3.05, 3.63) is 12.2 Å². The largest absolute Gasteiger partial charge is 0.393 e. The summed E-state index contributed by atoms with van der Waals surface area (Å²) in [4.78, 5) is 21.6. The fourth-order valence-electron chi connectivity index (χ4n) is 0.599. The highest BCUT2D eigenvalue weighted by atomic mass is 16.3. The molecule has 0 rings (SSSR count). The second-order valence-corrected chi connectivity index (χ2v) is 2.59. The van der Waals surface area contributed by atoms with Gasteiger partial charge >= 0.3 is 0 Å². The lowest BCUT2D eigenvalue weighted by atomic mass is 10.1. The molecule has 0 spiro atoms. The average Bonchev–Trinajstić information content (AvgIpc) is 1.84. The highest BCUT2D eigenvalue weighted by Gasteiger charge is 2.15. The third kappa shape index (κ3) is 3.68. The summed E-state index contributed by atoms with van der Waals surface area (Å²) in [5.74, 6) is -1.17.